The van der Waals surface area contributed by atoms with Crippen molar-refractivity contribution in [2.75, 3.05) is 18.5 Å². The molecule has 0 saturated heterocycles. The Bertz CT molecular complexity index is 759. The summed E-state index contributed by atoms with van der Waals surface area (Å²) in [6, 6.07) is 13.3. The van der Waals surface area contributed by atoms with Crippen molar-refractivity contribution < 1.29 is 14.5 Å². The third-order valence-electron chi connectivity index (χ3n) is 3.14. The fourth-order valence-electron chi connectivity index (χ4n) is 1.99. The highest BCUT2D eigenvalue weighted by atomic mass is 16.6. The van der Waals surface area contributed by atoms with Crippen molar-refractivity contribution in [2.24, 2.45) is 5.10 Å². The lowest BCUT2D eigenvalue weighted by atomic mass is 10.2. The standard InChI is InChI=1S/C17H18N4O4/c1-2-25-15-9-7-14(8-10-15)18-12-17(22)20-19-11-13-5-3-4-6-16(13)21(23)24/h3-11,18H,2,12H2,1H3,(H,20,22)/b19-11-. The molecule has 0 saturated carbocycles. The number of para-hydroxylation sites is 1. The van der Waals surface area contributed by atoms with Crippen LogP contribution in [-0.4, -0.2) is 30.2 Å². The van der Waals surface area contributed by atoms with Gasteiger partial charge < -0.3 is 10.1 Å². The Morgan fingerprint density at radius 1 is 1.24 bits per heavy atom. The maximum Gasteiger partial charge on any atom is 0.278 e. The molecule has 130 valence electrons. The second kappa shape index (κ2) is 9.02. The van der Waals surface area contributed by atoms with Crippen LogP contribution in [0.1, 0.15) is 12.5 Å². The van der Waals surface area contributed by atoms with E-state index in [0.29, 0.717) is 12.2 Å². The van der Waals surface area contributed by atoms with Crippen LogP contribution in [0.2, 0.25) is 0 Å². The van der Waals surface area contributed by atoms with Gasteiger partial charge in [0.25, 0.3) is 11.6 Å². The van der Waals surface area contributed by atoms with Crippen molar-refractivity contribution in [1.82, 2.24) is 5.43 Å². The topological polar surface area (TPSA) is 106 Å². The minimum absolute atomic E-state index is 0.0161. The molecule has 0 aromatic heterocycles. The molecule has 0 aliphatic rings. The maximum absolute atomic E-state index is 11.7. The number of carbonyl (C=O) groups excluding carboxylic acids is 1. The first-order valence-corrected chi connectivity index (χ1v) is 7.62. The molecule has 0 bridgehead atoms. The first-order valence-electron chi connectivity index (χ1n) is 7.62. The summed E-state index contributed by atoms with van der Waals surface area (Å²) in [7, 11) is 0. The highest BCUT2D eigenvalue weighted by molar-refractivity contribution is 5.87. The molecule has 0 fully saturated rings. The smallest absolute Gasteiger partial charge is 0.278 e. The summed E-state index contributed by atoms with van der Waals surface area (Å²) in [6.07, 6.45) is 1.24. The first kappa shape index (κ1) is 17.9. The molecule has 2 aromatic rings. The average molecular weight is 342 g/mol. The van der Waals surface area contributed by atoms with Gasteiger partial charge in [-0.3, -0.25) is 14.9 Å². The van der Waals surface area contributed by atoms with E-state index in [-0.39, 0.29) is 18.1 Å². The number of ether oxygens (including phenoxy) is 1. The van der Waals surface area contributed by atoms with E-state index in [0.717, 1.165) is 11.4 Å². The fourth-order valence-corrected chi connectivity index (χ4v) is 1.99. The lowest BCUT2D eigenvalue weighted by molar-refractivity contribution is -0.385. The van der Waals surface area contributed by atoms with Crippen LogP contribution < -0.4 is 15.5 Å². The summed E-state index contributed by atoms with van der Waals surface area (Å²) in [5.41, 5.74) is 3.32. The van der Waals surface area contributed by atoms with Crippen LogP contribution in [0.25, 0.3) is 0 Å². The summed E-state index contributed by atoms with van der Waals surface area (Å²) in [6.45, 7) is 2.51. The third-order valence-corrected chi connectivity index (χ3v) is 3.14. The van der Waals surface area contributed by atoms with Crippen LogP contribution in [0.4, 0.5) is 11.4 Å². The molecule has 8 heteroatoms. The van der Waals surface area contributed by atoms with Crippen LogP contribution in [0.15, 0.2) is 53.6 Å². The number of amides is 1. The number of hydrazone groups is 1. The SMILES string of the molecule is CCOc1ccc(NCC(=O)N/N=C\c2ccccc2[N+](=O)[O-])cc1. The molecule has 0 atom stereocenters. The van der Waals surface area contributed by atoms with Gasteiger partial charge in [-0.05, 0) is 37.3 Å². The van der Waals surface area contributed by atoms with E-state index in [1.54, 1.807) is 42.5 Å². The molecule has 0 aliphatic heterocycles. The number of hydrogen-bond acceptors (Lipinski definition) is 6. The number of carbonyl (C=O) groups is 1. The predicted molar refractivity (Wildman–Crippen MR) is 94.9 cm³/mol. The van der Waals surface area contributed by atoms with E-state index in [2.05, 4.69) is 15.8 Å². The Hall–Kier alpha value is -3.42. The molecule has 0 heterocycles. The van der Waals surface area contributed by atoms with Gasteiger partial charge in [-0.2, -0.15) is 5.10 Å². The van der Waals surface area contributed by atoms with Gasteiger partial charge in [-0.1, -0.05) is 12.1 Å². The van der Waals surface area contributed by atoms with E-state index >= 15 is 0 Å². The van der Waals surface area contributed by atoms with Gasteiger partial charge in [0, 0.05) is 11.8 Å². The van der Waals surface area contributed by atoms with Gasteiger partial charge in [-0.25, -0.2) is 5.43 Å². The Morgan fingerprint density at radius 2 is 1.96 bits per heavy atom. The number of nitrogens with zero attached hydrogens (tertiary/aromatic N) is 2. The summed E-state index contributed by atoms with van der Waals surface area (Å²) in [4.78, 5) is 22.1. The first-order chi connectivity index (χ1) is 12.1. The zero-order chi connectivity index (χ0) is 18.1. The average Bonchev–Trinajstić information content (AvgIpc) is 2.61. The van der Waals surface area contributed by atoms with Crippen molar-refractivity contribution >= 4 is 23.5 Å². The number of nitrogens with one attached hydrogen (secondary N) is 2. The Labute approximate surface area is 144 Å². The van der Waals surface area contributed by atoms with Crippen molar-refractivity contribution in [3.8, 4) is 5.75 Å². The number of hydrogen-bond donors (Lipinski definition) is 2. The zero-order valence-corrected chi connectivity index (χ0v) is 13.6. The molecule has 1 amide bonds. The van der Waals surface area contributed by atoms with Crippen LogP contribution in [0.3, 0.4) is 0 Å². The van der Waals surface area contributed by atoms with E-state index in [1.165, 1.54) is 12.3 Å². The second-order valence-electron chi connectivity index (χ2n) is 4.92. The van der Waals surface area contributed by atoms with Crippen molar-refractivity contribution in [3.05, 3.63) is 64.2 Å². The predicted octanol–water partition coefficient (Wildman–Crippen LogP) is 2.56. The van der Waals surface area contributed by atoms with Gasteiger partial charge in [0.2, 0.25) is 0 Å². The van der Waals surface area contributed by atoms with Crippen molar-refractivity contribution in [2.45, 2.75) is 6.92 Å². The van der Waals surface area contributed by atoms with Crippen LogP contribution in [0.5, 0.6) is 5.75 Å². The van der Waals surface area contributed by atoms with Crippen LogP contribution >= 0.6 is 0 Å². The zero-order valence-electron chi connectivity index (χ0n) is 13.6. The maximum atomic E-state index is 11.7. The molecule has 2 aromatic carbocycles. The molecule has 0 unspecified atom stereocenters. The van der Waals surface area contributed by atoms with Crippen LogP contribution in [-0.2, 0) is 4.79 Å². The number of rotatable bonds is 8. The fraction of sp³-hybridized carbons (Fsp3) is 0.176. The van der Waals surface area contributed by atoms with E-state index in [1.807, 2.05) is 6.92 Å². The normalized spacial score (nSPS) is 10.4. The number of nitro groups is 1. The molecular formula is C17H18N4O4. The van der Waals surface area contributed by atoms with Gasteiger partial charge in [0.1, 0.15) is 5.75 Å². The van der Waals surface area contributed by atoms with E-state index in [9.17, 15) is 14.9 Å². The minimum atomic E-state index is -0.503. The van der Waals surface area contributed by atoms with E-state index in [4.69, 9.17) is 4.74 Å². The summed E-state index contributed by atoms with van der Waals surface area (Å²) in [5.74, 6) is 0.385. The molecule has 25 heavy (non-hydrogen) atoms. The Balaban J connectivity index is 1.83. The van der Waals surface area contributed by atoms with Gasteiger partial charge in [-0.15, -0.1) is 0 Å². The third kappa shape index (κ3) is 5.61. The van der Waals surface area contributed by atoms with E-state index < -0.39 is 4.92 Å². The monoisotopic (exact) mass is 342 g/mol. The summed E-state index contributed by atoms with van der Waals surface area (Å²) >= 11 is 0. The molecule has 8 nitrogen and oxygen atoms in total. The number of anilines is 1. The Morgan fingerprint density at radius 3 is 2.64 bits per heavy atom. The van der Waals surface area contributed by atoms with Crippen molar-refractivity contribution in [1.29, 1.82) is 0 Å². The quantitative estimate of drug-likeness (QED) is 0.436. The van der Waals surface area contributed by atoms with Crippen LogP contribution in [0, 0.1) is 10.1 Å². The minimum Gasteiger partial charge on any atom is -0.494 e. The number of nitro benzene ring substituents is 1. The molecule has 0 radical (unpaired) electrons. The largest absolute Gasteiger partial charge is 0.494 e. The van der Waals surface area contributed by atoms with Gasteiger partial charge in [0.15, 0.2) is 0 Å². The molecule has 0 aliphatic carbocycles. The summed E-state index contributed by atoms with van der Waals surface area (Å²) < 4.78 is 5.33. The van der Waals surface area contributed by atoms with Gasteiger partial charge in [0.05, 0.1) is 29.9 Å². The highest BCUT2D eigenvalue weighted by Gasteiger charge is 2.10. The molecule has 2 N–H and O–H groups in total. The molecule has 2 rings (SSSR count). The van der Waals surface area contributed by atoms with Crippen molar-refractivity contribution in [3.63, 3.8) is 0 Å². The Kier molecular flexibility index (Phi) is 6.47. The molecule has 0 spiro atoms. The van der Waals surface area contributed by atoms with Gasteiger partial charge >= 0.3 is 0 Å². The number of benzene rings is 2. The lowest BCUT2D eigenvalue weighted by Gasteiger charge is -2.07. The molecular weight excluding hydrogens is 324 g/mol. The lowest BCUT2D eigenvalue weighted by Crippen LogP contribution is -2.25. The highest BCUT2D eigenvalue weighted by Crippen LogP contribution is 2.16. The second-order valence-corrected chi connectivity index (χ2v) is 4.92. The summed E-state index contributed by atoms with van der Waals surface area (Å²) in [5, 5.41) is 17.6.